The van der Waals surface area contributed by atoms with Gasteiger partial charge in [0.25, 0.3) is 5.91 Å². The first-order chi connectivity index (χ1) is 9.53. The smallest absolute Gasteiger partial charge is 0.258 e. The third kappa shape index (κ3) is 2.19. The van der Waals surface area contributed by atoms with Crippen molar-refractivity contribution in [1.82, 2.24) is 4.90 Å². The highest BCUT2D eigenvalue weighted by molar-refractivity contribution is 6.22. The van der Waals surface area contributed by atoms with E-state index in [1.807, 2.05) is 6.07 Å². The first-order valence-electron chi connectivity index (χ1n) is 6.29. The van der Waals surface area contributed by atoms with Gasteiger partial charge in [0.2, 0.25) is 0 Å². The topological polar surface area (TPSA) is 48.0 Å². The summed E-state index contributed by atoms with van der Waals surface area (Å²) in [4.78, 5) is 14.1. The van der Waals surface area contributed by atoms with E-state index < -0.39 is 0 Å². The lowest BCUT2D eigenvalue weighted by atomic mass is 9.92. The fraction of sp³-hybridized carbons (Fsp3) is 0.400. The summed E-state index contributed by atoms with van der Waals surface area (Å²) in [5, 5.41) is 0. The lowest BCUT2D eigenvalue weighted by molar-refractivity contribution is -0.124. The van der Waals surface area contributed by atoms with Crippen molar-refractivity contribution in [2.75, 3.05) is 28.4 Å². The summed E-state index contributed by atoms with van der Waals surface area (Å²) in [5.41, 5.74) is 2.31. The Kier molecular flexibility index (Phi) is 3.88. The second kappa shape index (κ2) is 5.45. The minimum Gasteiger partial charge on any atom is -0.501 e. The van der Waals surface area contributed by atoms with Gasteiger partial charge in [0.05, 0.1) is 26.9 Å². The van der Waals surface area contributed by atoms with E-state index in [2.05, 4.69) is 0 Å². The molecule has 0 spiro atoms. The van der Waals surface area contributed by atoms with Crippen molar-refractivity contribution in [2.45, 2.75) is 13.5 Å². The number of carbonyl (C=O) groups excluding carboxylic acids is 1. The van der Waals surface area contributed by atoms with Crippen LogP contribution in [0.15, 0.2) is 17.9 Å². The van der Waals surface area contributed by atoms with Gasteiger partial charge < -0.3 is 19.1 Å². The van der Waals surface area contributed by atoms with E-state index in [1.54, 1.807) is 46.3 Å². The van der Waals surface area contributed by atoms with E-state index in [-0.39, 0.29) is 5.91 Å². The van der Waals surface area contributed by atoms with Gasteiger partial charge in [0.1, 0.15) is 17.3 Å². The summed E-state index contributed by atoms with van der Waals surface area (Å²) in [6, 6.07) is 3.70. The van der Waals surface area contributed by atoms with Crippen LogP contribution in [0.25, 0.3) is 5.57 Å². The van der Waals surface area contributed by atoms with Gasteiger partial charge in [0, 0.05) is 25.2 Å². The van der Waals surface area contributed by atoms with Gasteiger partial charge in [-0.15, -0.1) is 0 Å². The molecule has 20 heavy (non-hydrogen) atoms. The van der Waals surface area contributed by atoms with Crippen molar-refractivity contribution in [3.05, 3.63) is 29.0 Å². The Bertz CT molecular complexity index is 577. The molecule has 0 aromatic heterocycles. The standard InChI is InChI=1S/C15H19NO4/c1-9(18-3)13-14-10(8-16(2)15(13)17)6-11(19-4)7-12(14)20-5/h6-7H,8H2,1-5H3/b13-9+. The number of carbonyl (C=O) groups is 1. The largest absolute Gasteiger partial charge is 0.501 e. The van der Waals surface area contributed by atoms with E-state index in [9.17, 15) is 4.79 Å². The predicted octanol–water partition coefficient (Wildman–Crippen LogP) is 2.05. The van der Waals surface area contributed by atoms with Crippen LogP contribution in [0.1, 0.15) is 18.1 Å². The number of amides is 1. The normalized spacial score (nSPS) is 16.6. The van der Waals surface area contributed by atoms with E-state index >= 15 is 0 Å². The number of nitrogens with zero attached hydrogens (tertiary/aromatic N) is 1. The van der Waals surface area contributed by atoms with Crippen molar-refractivity contribution in [3.63, 3.8) is 0 Å². The second-order valence-corrected chi connectivity index (χ2v) is 4.66. The number of allylic oxidation sites excluding steroid dienone is 1. The van der Waals surface area contributed by atoms with Gasteiger partial charge in [0.15, 0.2) is 0 Å². The predicted molar refractivity (Wildman–Crippen MR) is 75.6 cm³/mol. The average Bonchev–Trinajstić information content (AvgIpc) is 2.46. The third-order valence-electron chi connectivity index (χ3n) is 3.49. The molecule has 1 amide bonds. The van der Waals surface area contributed by atoms with Crippen LogP contribution in [0, 0.1) is 0 Å². The van der Waals surface area contributed by atoms with Crippen LogP contribution in [-0.2, 0) is 16.1 Å². The summed E-state index contributed by atoms with van der Waals surface area (Å²) in [6.45, 7) is 2.29. The number of likely N-dealkylation sites (N-methyl/N-ethyl adjacent to an activating group) is 1. The number of benzene rings is 1. The van der Waals surface area contributed by atoms with Crippen molar-refractivity contribution >= 4 is 11.5 Å². The van der Waals surface area contributed by atoms with Gasteiger partial charge in [-0.05, 0) is 18.6 Å². The molecule has 0 bridgehead atoms. The molecule has 0 atom stereocenters. The van der Waals surface area contributed by atoms with Crippen molar-refractivity contribution in [2.24, 2.45) is 0 Å². The van der Waals surface area contributed by atoms with Crippen LogP contribution in [0.3, 0.4) is 0 Å². The molecule has 5 heteroatoms. The molecule has 1 heterocycles. The van der Waals surface area contributed by atoms with Gasteiger partial charge in [-0.25, -0.2) is 0 Å². The van der Waals surface area contributed by atoms with E-state index in [0.29, 0.717) is 29.4 Å². The monoisotopic (exact) mass is 277 g/mol. The summed E-state index contributed by atoms with van der Waals surface area (Å²) in [7, 11) is 6.51. The number of methoxy groups -OCH3 is 3. The highest BCUT2D eigenvalue weighted by Gasteiger charge is 2.31. The molecule has 0 N–H and O–H groups in total. The molecule has 5 nitrogen and oxygen atoms in total. The molecule has 1 aliphatic heterocycles. The molecular weight excluding hydrogens is 258 g/mol. The van der Waals surface area contributed by atoms with Gasteiger partial charge in [-0.3, -0.25) is 4.79 Å². The minimum absolute atomic E-state index is 0.0692. The van der Waals surface area contributed by atoms with Crippen LogP contribution in [0.5, 0.6) is 11.5 Å². The molecule has 0 aliphatic carbocycles. The maximum Gasteiger partial charge on any atom is 0.258 e. The van der Waals surface area contributed by atoms with Gasteiger partial charge in [-0.2, -0.15) is 0 Å². The highest BCUT2D eigenvalue weighted by Crippen LogP contribution is 2.39. The molecule has 1 aromatic rings. The fourth-order valence-electron chi connectivity index (χ4n) is 2.39. The Morgan fingerprint density at radius 3 is 2.45 bits per heavy atom. The molecule has 0 saturated carbocycles. The zero-order valence-corrected chi connectivity index (χ0v) is 12.4. The molecule has 2 rings (SSSR count). The summed E-state index contributed by atoms with van der Waals surface area (Å²) >= 11 is 0. The van der Waals surface area contributed by atoms with Crippen LogP contribution in [-0.4, -0.2) is 39.2 Å². The van der Waals surface area contributed by atoms with Crippen LogP contribution >= 0.6 is 0 Å². The van der Waals surface area contributed by atoms with Gasteiger partial charge >= 0.3 is 0 Å². The summed E-state index contributed by atoms with van der Waals surface area (Å²) in [5.74, 6) is 1.83. The maximum atomic E-state index is 12.4. The molecule has 0 fully saturated rings. The first kappa shape index (κ1) is 14.2. The van der Waals surface area contributed by atoms with E-state index in [4.69, 9.17) is 14.2 Å². The van der Waals surface area contributed by atoms with Crippen LogP contribution in [0.2, 0.25) is 0 Å². The van der Waals surface area contributed by atoms with Crippen molar-refractivity contribution in [1.29, 1.82) is 0 Å². The maximum absolute atomic E-state index is 12.4. The number of ether oxygens (including phenoxy) is 3. The second-order valence-electron chi connectivity index (χ2n) is 4.66. The Hall–Kier alpha value is -2.17. The Morgan fingerprint density at radius 1 is 1.20 bits per heavy atom. The fourth-order valence-corrected chi connectivity index (χ4v) is 2.39. The number of rotatable bonds is 3. The molecule has 0 unspecified atom stereocenters. The quantitative estimate of drug-likeness (QED) is 0.627. The molecule has 108 valence electrons. The SMILES string of the molecule is CO/C(C)=C1/C(=O)N(C)Cc2cc(OC)cc(OC)c21. The lowest BCUT2D eigenvalue weighted by Crippen LogP contribution is -2.33. The Morgan fingerprint density at radius 2 is 1.90 bits per heavy atom. The molecule has 0 saturated heterocycles. The number of hydrogen-bond acceptors (Lipinski definition) is 4. The zero-order valence-electron chi connectivity index (χ0n) is 12.4. The lowest BCUT2D eigenvalue weighted by Gasteiger charge is -2.29. The van der Waals surface area contributed by atoms with Gasteiger partial charge in [-0.1, -0.05) is 0 Å². The van der Waals surface area contributed by atoms with Crippen LogP contribution in [0.4, 0.5) is 0 Å². The third-order valence-corrected chi connectivity index (χ3v) is 3.49. The Balaban J connectivity index is 2.75. The molecular formula is C15H19NO4. The Labute approximate surface area is 118 Å². The number of fused-ring (bicyclic) bond motifs is 1. The minimum atomic E-state index is -0.0692. The molecule has 0 radical (unpaired) electrons. The van der Waals surface area contributed by atoms with E-state index in [0.717, 1.165) is 11.1 Å². The zero-order chi connectivity index (χ0) is 14.9. The highest BCUT2D eigenvalue weighted by atomic mass is 16.5. The summed E-state index contributed by atoms with van der Waals surface area (Å²) < 4.78 is 16.0. The first-order valence-corrected chi connectivity index (χ1v) is 6.29. The van der Waals surface area contributed by atoms with Crippen LogP contribution < -0.4 is 9.47 Å². The molecule has 1 aromatic carbocycles. The van der Waals surface area contributed by atoms with Crippen molar-refractivity contribution in [3.8, 4) is 11.5 Å². The number of hydrogen-bond donors (Lipinski definition) is 0. The molecule has 1 aliphatic rings. The van der Waals surface area contributed by atoms with Crippen molar-refractivity contribution < 1.29 is 19.0 Å². The van der Waals surface area contributed by atoms with E-state index in [1.165, 1.54) is 0 Å². The average molecular weight is 277 g/mol. The summed E-state index contributed by atoms with van der Waals surface area (Å²) in [6.07, 6.45) is 0.